The van der Waals surface area contributed by atoms with Gasteiger partial charge >= 0.3 is 0 Å². The molecular formula is C17H24N2O. The molecule has 1 aromatic rings. The van der Waals surface area contributed by atoms with E-state index in [1.807, 2.05) is 0 Å². The minimum atomic E-state index is 0.240. The molecule has 3 rings (SSSR count). The molecule has 0 bridgehead atoms. The number of hydrogen-bond acceptors (Lipinski definition) is 2. The van der Waals surface area contributed by atoms with Crippen molar-refractivity contribution < 1.29 is 4.79 Å². The van der Waals surface area contributed by atoms with E-state index >= 15 is 0 Å². The summed E-state index contributed by atoms with van der Waals surface area (Å²) in [4.78, 5) is 14.5. The summed E-state index contributed by atoms with van der Waals surface area (Å²) in [6, 6.07) is 9.20. The van der Waals surface area contributed by atoms with Crippen molar-refractivity contribution >= 4 is 5.91 Å². The molecule has 1 heterocycles. The summed E-state index contributed by atoms with van der Waals surface area (Å²) in [6.45, 7) is 5.23. The number of likely N-dealkylation sites (tertiary alicyclic amines) is 1. The fourth-order valence-corrected chi connectivity index (χ4v) is 2.97. The zero-order chi connectivity index (χ0) is 13.9. The topological polar surface area (TPSA) is 32.3 Å². The first-order valence-electron chi connectivity index (χ1n) is 7.79. The molecule has 0 unspecified atom stereocenters. The predicted octanol–water partition coefficient (Wildman–Crippen LogP) is 2.49. The highest BCUT2D eigenvalue weighted by molar-refractivity contribution is 5.79. The highest BCUT2D eigenvalue weighted by Crippen LogP contribution is 2.23. The summed E-state index contributed by atoms with van der Waals surface area (Å²) in [5, 5.41) is 3.14. The van der Waals surface area contributed by atoms with Crippen LogP contribution in [0, 0.1) is 12.8 Å². The molecule has 1 amide bonds. The molecule has 1 saturated heterocycles. The Morgan fingerprint density at radius 1 is 1.25 bits per heavy atom. The van der Waals surface area contributed by atoms with E-state index in [9.17, 15) is 4.79 Å². The lowest BCUT2D eigenvalue weighted by atomic mass is 9.95. The van der Waals surface area contributed by atoms with E-state index in [1.54, 1.807) is 0 Å². The summed E-state index contributed by atoms with van der Waals surface area (Å²) in [5.74, 6) is 0.534. The van der Waals surface area contributed by atoms with E-state index in [0.29, 0.717) is 11.9 Å². The molecule has 1 N–H and O–H groups in total. The van der Waals surface area contributed by atoms with Gasteiger partial charge in [0.2, 0.25) is 5.91 Å². The van der Waals surface area contributed by atoms with Gasteiger partial charge in [-0.15, -0.1) is 0 Å². The lowest BCUT2D eigenvalue weighted by Gasteiger charge is -2.31. The van der Waals surface area contributed by atoms with Crippen LogP contribution in [0.4, 0.5) is 0 Å². The number of nitrogens with one attached hydrogen (secondary N) is 1. The van der Waals surface area contributed by atoms with Gasteiger partial charge in [-0.25, -0.2) is 0 Å². The Bertz CT molecular complexity index is 474. The normalized spacial score (nSPS) is 20.9. The fraction of sp³-hybridized carbons (Fsp3) is 0.588. The summed E-state index contributed by atoms with van der Waals surface area (Å²) < 4.78 is 0. The SMILES string of the molecule is Cc1cccc(CN2CCC(C(=O)NC3CC3)CC2)c1. The largest absolute Gasteiger partial charge is 0.353 e. The molecule has 108 valence electrons. The Balaban J connectivity index is 1.47. The zero-order valence-corrected chi connectivity index (χ0v) is 12.3. The van der Waals surface area contributed by atoms with Crippen molar-refractivity contribution in [1.82, 2.24) is 10.2 Å². The number of hydrogen-bond donors (Lipinski definition) is 1. The van der Waals surface area contributed by atoms with Crippen LogP contribution in [0.15, 0.2) is 24.3 Å². The van der Waals surface area contributed by atoms with Crippen molar-refractivity contribution in [3.63, 3.8) is 0 Å². The standard InChI is InChI=1S/C17H24N2O/c1-13-3-2-4-14(11-13)12-19-9-7-15(8-10-19)17(20)18-16-5-6-16/h2-4,11,15-16H,5-10,12H2,1H3,(H,18,20). The van der Waals surface area contributed by atoms with Gasteiger partial charge in [-0.3, -0.25) is 9.69 Å². The van der Waals surface area contributed by atoms with Crippen molar-refractivity contribution in [3.05, 3.63) is 35.4 Å². The predicted molar refractivity (Wildman–Crippen MR) is 80.3 cm³/mol. The van der Waals surface area contributed by atoms with Crippen LogP contribution in [0.5, 0.6) is 0 Å². The third-order valence-corrected chi connectivity index (χ3v) is 4.37. The second kappa shape index (κ2) is 5.96. The summed E-state index contributed by atoms with van der Waals surface area (Å²) in [5.41, 5.74) is 2.70. The Morgan fingerprint density at radius 3 is 2.65 bits per heavy atom. The summed E-state index contributed by atoms with van der Waals surface area (Å²) >= 11 is 0. The van der Waals surface area contributed by atoms with Gasteiger partial charge in [0.25, 0.3) is 0 Å². The highest BCUT2D eigenvalue weighted by atomic mass is 16.2. The number of piperidine rings is 1. The molecule has 1 aromatic carbocycles. The van der Waals surface area contributed by atoms with E-state index in [-0.39, 0.29) is 5.92 Å². The van der Waals surface area contributed by atoms with Gasteiger partial charge in [-0.1, -0.05) is 29.8 Å². The first-order chi connectivity index (χ1) is 9.70. The van der Waals surface area contributed by atoms with Gasteiger partial charge in [-0.2, -0.15) is 0 Å². The van der Waals surface area contributed by atoms with Gasteiger partial charge < -0.3 is 5.32 Å². The highest BCUT2D eigenvalue weighted by Gasteiger charge is 2.29. The van der Waals surface area contributed by atoms with Crippen LogP contribution >= 0.6 is 0 Å². The monoisotopic (exact) mass is 272 g/mol. The Morgan fingerprint density at radius 2 is 2.00 bits per heavy atom. The van der Waals surface area contributed by atoms with E-state index < -0.39 is 0 Å². The quantitative estimate of drug-likeness (QED) is 0.913. The summed E-state index contributed by atoms with van der Waals surface area (Å²) in [7, 11) is 0. The van der Waals surface area contributed by atoms with Crippen molar-refractivity contribution in [2.75, 3.05) is 13.1 Å². The molecule has 1 aliphatic carbocycles. The minimum Gasteiger partial charge on any atom is -0.353 e. The average Bonchev–Trinajstić information content (AvgIpc) is 3.23. The Hall–Kier alpha value is -1.35. The molecule has 1 saturated carbocycles. The number of benzene rings is 1. The molecule has 2 fully saturated rings. The van der Waals surface area contributed by atoms with Gasteiger partial charge in [-0.05, 0) is 51.3 Å². The number of rotatable bonds is 4. The van der Waals surface area contributed by atoms with Crippen LogP contribution in [0.2, 0.25) is 0 Å². The van der Waals surface area contributed by atoms with Crippen LogP contribution in [0.3, 0.4) is 0 Å². The number of aryl methyl sites for hydroxylation is 1. The van der Waals surface area contributed by atoms with Crippen LogP contribution in [0.25, 0.3) is 0 Å². The maximum Gasteiger partial charge on any atom is 0.223 e. The zero-order valence-electron chi connectivity index (χ0n) is 12.3. The van der Waals surface area contributed by atoms with Gasteiger partial charge in [0.15, 0.2) is 0 Å². The molecule has 0 atom stereocenters. The van der Waals surface area contributed by atoms with E-state index in [1.165, 1.54) is 24.0 Å². The van der Waals surface area contributed by atoms with Crippen molar-refractivity contribution in [1.29, 1.82) is 0 Å². The molecule has 1 aliphatic heterocycles. The fourth-order valence-electron chi connectivity index (χ4n) is 2.97. The lowest BCUT2D eigenvalue weighted by molar-refractivity contribution is -0.126. The number of nitrogens with zero attached hydrogens (tertiary/aromatic N) is 1. The molecule has 3 heteroatoms. The minimum absolute atomic E-state index is 0.240. The number of amides is 1. The van der Waals surface area contributed by atoms with E-state index in [4.69, 9.17) is 0 Å². The van der Waals surface area contributed by atoms with Gasteiger partial charge in [0, 0.05) is 18.5 Å². The van der Waals surface area contributed by atoms with Crippen molar-refractivity contribution in [2.24, 2.45) is 5.92 Å². The van der Waals surface area contributed by atoms with Crippen LogP contribution < -0.4 is 5.32 Å². The molecule has 0 spiro atoms. The average molecular weight is 272 g/mol. The molecule has 20 heavy (non-hydrogen) atoms. The van der Waals surface area contributed by atoms with Gasteiger partial charge in [0.1, 0.15) is 0 Å². The number of carbonyl (C=O) groups is 1. The molecule has 3 nitrogen and oxygen atoms in total. The van der Waals surface area contributed by atoms with Crippen molar-refractivity contribution in [2.45, 2.75) is 45.2 Å². The van der Waals surface area contributed by atoms with Crippen LogP contribution in [-0.2, 0) is 11.3 Å². The lowest BCUT2D eigenvalue weighted by Crippen LogP contribution is -2.40. The second-order valence-corrected chi connectivity index (χ2v) is 6.32. The molecule has 2 aliphatic rings. The van der Waals surface area contributed by atoms with E-state index in [2.05, 4.69) is 41.4 Å². The smallest absolute Gasteiger partial charge is 0.223 e. The second-order valence-electron chi connectivity index (χ2n) is 6.32. The maximum atomic E-state index is 12.0. The third kappa shape index (κ3) is 3.60. The van der Waals surface area contributed by atoms with Crippen LogP contribution in [-0.4, -0.2) is 29.9 Å². The van der Waals surface area contributed by atoms with E-state index in [0.717, 1.165) is 32.5 Å². The van der Waals surface area contributed by atoms with Gasteiger partial charge in [0.05, 0.1) is 0 Å². The first kappa shape index (κ1) is 13.6. The Labute approximate surface area is 121 Å². The molecule has 0 radical (unpaired) electrons. The Kier molecular flexibility index (Phi) is 4.06. The maximum absolute atomic E-state index is 12.0. The molecular weight excluding hydrogens is 248 g/mol. The third-order valence-electron chi connectivity index (χ3n) is 4.37. The molecule has 0 aromatic heterocycles. The van der Waals surface area contributed by atoms with Crippen LogP contribution in [0.1, 0.15) is 36.8 Å². The van der Waals surface area contributed by atoms with Crippen molar-refractivity contribution in [3.8, 4) is 0 Å². The summed E-state index contributed by atoms with van der Waals surface area (Å²) in [6.07, 6.45) is 4.37. The first-order valence-corrected chi connectivity index (χ1v) is 7.79. The number of carbonyl (C=O) groups excluding carboxylic acids is 1.